The van der Waals surface area contributed by atoms with Crippen LogP contribution in [0.2, 0.25) is 0 Å². The normalized spacial score (nSPS) is 18.3. The molecule has 3 amide bonds. The Morgan fingerprint density at radius 2 is 1.63 bits per heavy atom. The van der Waals surface area contributed by atoms with E-state index in [-0.39, 0.29) is 11.9 Å². The summed E-state index contributed by atoms with van der Waals surface area (Å²) in [6.07, 6.45) is 4.05. The standard InChI is InChI=1S/C22H28N6O2/c23-20(29)19(17-7-2-1-3-8-17)26-13-15-28(16-14-26)22(30)25-18-9-6-10-24-21(18)27-11-4-5-12-27/h1-3,6-10,19H,4-5,11-16H2,(H2,23,29)(H,25,30). The Balaban J connectivity index is 1.39. The number of pyridine rings is 1. The SMILES string of the molecule is NC(=O)C(c1ccccc1)N1CCN(C(=O)Nc2cccnc2N2CCCC2)CC1. The van der Waals surface area contributed by atoms with E-state index in [4.69, 9.17) is 5.73 Å². The lowest BCUT2D eigenvalue weighted by molar-refractivity contribution is -0.124. The molecule has 0 aliphatic carbocycles. The number of nitrogens with one attached hydrogen (secondary N) is 1. The third-order valence-electron chi connectivity index (χ3n) is 5.79. The average molecular weight is 409 g/mol. The molecule has 3 N–H and O–H groups in total. The Hall–Kier alpha value is -3.13. The lowest BCUT2D eigenvalue weighted by atomic mass is 10.0. The molecule has 1 aromatic carbocycles. The third-order valence-corrected chi connectivity index (χ3v) is 5.79. The van der Waals surface area contributed by atoms with Crippen LogP contribution in [-0.4, -0.2) is 66.0 Å². The highest BCUT2D eigenvalue weighted by Gasteiger charge is 2.30. The first-order valence-electron chi connectivity index (χ1n) is 10.5. The second kappa shape index (κ2) is 9.13. The molecule has 1 atom stereocenters. The summed E-state index contributed by atoms with van der Waals surface area (Å²) in [5, 5.41) is 3.03. The van der Waals surface area contributed by atoms with Gasteiger partial charge < -0.3 is 20.9 Å². The topological polar surface area (TPSA) is 94.8 Å². The molecular formula is C22H28N6O2. The van der Waals surface area contributed by atoms with Crippen molar-refractivity contribution in [3.8, 4) is 0 Å². The molecule has 2 saturated heterocycles. The number of carbonyl (C=O) groups excluding carboxylic acids is 2. The molecule has 0 radical (unpaired) electrons. The molecule has 4 rings (SSSR count). The van der Waals surface area contributed by atoms with E-state index in [0.29, 0.717) is 26.2 Å². The van der Waals surface area contributed by atoms with Crippen molar-refractivity contribution in [3.05, 3.63) is 54.2 Å². The van der Waals surface area contributed by atoms with Crippen LogP contribution in [0.3, 0.4) is 0 Å². The predicted octanol–water partition coefficient (Wildman–Crippen LogP) is 2.06. The second-order valence-corrected chi connectivity index (χ2v) is 7.74. The lowest BCUT2D eigenvalue weighted by Crippen LogP contribution is -2.52. The van der Waals surface area contributed by atoms with E-state index in [0.717, 1.165) is 43.0 Å². The summed E-state index contributed by atoms with van der Waals surface area (Å²) in [5.74, 6) is 0.463. The van der Waals surface area contributed by atoms with Gasteiger partial charge in [-0.1, -0.05) is 30.3 Å². The maximum absolute atomic E-state index is 12.9. The van der Waals surface area contributed by atoms with E-state index in [1.807, 2.05) is 47.4 Å². The molecule has 3 heterocycles. The van der Waals surface area contributed by atoms with E-state index in [9.17, 15) is 9.59 Å². The number of nitrogens with two attached hydrogens (primary N) is 1. The minimum Gasteiger partial charge on any atom is -0.368 e. The van der Waals surface area contributed by atoms with Crippen molar-refractivity contribution >= 4 is 23.4 Å². The molecule has 0 bridgehead atoms. The number of benzene rings is 1. The van der Waals surface area contributed by atoms with Gasteiger partial charge in [-0.3, -0.25) is 9.69 Å². The number of primary amides is 1. The smallest absolute Gasteiger partial charge is 0.322 e. The number of urea groups is 1. The minimum atomic E-state index is -0.475. The molecule has 1 aromatic heterocycles. The average Bonchev–Trinajstić information content (AvgIpc) is 3.30. The van der Waals surface area contributed by atoms with Crippen LogP contribution in [0.5, 0.6) is 0 Å². The maximum atomic E-state index is 12.9. The van der Waals surface area contributed by atoms with Gasteiger partial charge in [0.1, 0.15) is 6.04 Å². The van der Waals surface area contributed by atoms with Gasteiger partial charge in [0.05, 0.1) is 5.69 Å². The number of amides is 3. The quantitative estimate of drug-likeness (QED) is 0.790. The fourth-order valence-electron chi connectivity index (χ4n) is 4.24. The van der Waals surface area contributed by atoms with Gasteiger partial charge in [0.2, 0.25) is 5.91 Å². The van der Waals surface area contributed by atoms with Crippen molar-refractivity contribution in [2.24, 2.45) is 5.73 Å². The van der Waals surface area contributed by atoms with Gasteiger partial charge >= 0.3 is 6.03 Å². The van der Waals surface area contributed by atoms with Crippen molar-refractivity contribution in [1.82, 2.24) is 14.8 Å². The zero-order valence-corrected chi connectivity index (χ0v) is 17.0. The number of hydrogen-bond acceptors (Lipinski definition) is 5. The molecule has 8 heteroatoms. The van der Waals surface area contributed by atoms with Crippen LogP contribution in [0.1, 0.15) is 24.4 Å². The number of anilines is 2. The molecular weight excluding hydrogens is 380 g/mol. The molecule has 2 aliphatic rings. The van der Waals surface area contributed by atoms with E-state index in [2.05, 4.69) is 15.2 Å². The van der Waals surface area contributed by atoms with Crippen molar-refractivity contribution in [2.75, 3.05) is 49.5 Å². The summed E-state index contributed by atoms with van der Waals surface area (Å²) in [4.78, 5) is 35.5. The largest absolute Gasteiger partial charge is 0.368 e. The fraction of sp³-hybridized carbons (Fsp3) is 0.409. The summed E-state index contributed by atoms with van der Waals surface area (Å²) in [6, 6.07) is 12.7. The van der Waals surface area contributed by atoms with E-state index < -0.39 is 6.04 Å². The predicted molar refractivity (Wildman–Crippen MR) is 116 cm³/mol. The van der Waals surface area contributed by atoms with Gasteiger partial charge in [-0.15, -0.1) is 0 Å². The molecule has 2 aromatic rings. The van der Waals surface area contributed by atoms with Crippen LogP contribution in [0.25, 0.3) is 0 Å². The Labute approximate surface area is 176 Å². The molecule has 0 saturated carbocycles. The Morgan fingerprint density at radius 3 is 2.30 bits per heavy atom. The molecule has 0 spiro atoms. The van der Waals surface area contributed by atoms with Gasteiger partial charge in [-0.25, -0.2) is 9.78 Å². The van der Waals surface area contributed by atoms with Gasteiger partial charge in [-0.05, 0) is 30.5 Å². The number of piperazine rings is 1. The van der Waals surface area contributed by atoms with Crippen molar-refractivity contribution in [1.29, 1.82) is 0 Å². The van der Waals surface area contributed by atoms with E-state index >= 15 is 0 Å². The van der Waals surface area contributed by atoms with Gasteiger partial charge in [-0.2, -0.15) is 0 Å². The van der Waals surface area contributed by atoms with Crippen LogP contribution in [0.4, 0.5) is 16.3 Å². The fourth-order valence-corrected chi connectivity index (χ4v) is 4.24. The molecule has 2 fully saturated rings. The highest BCUT2D eigenvalue weighted by molar-refractivity contribution is 5.92. The first-order valence-corrected chi connectivity index (χ1v) is 10.5. The summed E-state index contributed by atoms with van der Waals surface area (Å²) in [6.45, 7) is 4.16. The number of aromatic nitrogens is 1. The monoisotopic (exact) mass is 408 g/mol. The van der Waals surface area contributed by atoms with Crippen LogP contribution in [-0.2, 0) is 4.79 Å². The highest BCUT2D eigenvalue weighted by atomic mass is 16.2. The molecule has 158 valence electrons. The number of hydrogen-bond donors (Lipinski definition) is 2. The van der Waals surface area contributed by atoms with Crippen LogP contribution in [0, 0.1) is 0 Å². The maximum Gasteiger partial charge on any atom is 0.322 e. The number of nitrogens with zero attached hydrogens (tertiary/aromatic N) is 4. The van der Waals surface area contributed by atoms with Gasteiger partial charge in [0.15, 0.2) is 5.82 Å². The number of carbonyl (C=O) groups is 2. The van der Waals surface area contributed by atoms with Crippen molar-refractivity contribution in [3.63, 3.8) is 0 Å². The summed E-state index contributed by atoms with van der Waals surface area (Å²) in [5.41, 5.74) is 7.31. The summed E-state index contributed by atoms with van der Waals surface area (Å²) < 4.78 is 0. The molecule has 8 nitrogen and oxygen atoms in total. The zero-order valence-electron chi connectivity index (χ0n) is 17.0. The van der Waals surface area contributed by atoms with E-state index in [1.54, 1.807) is 11.1 Å². The molecule has 2 aliphatic heterocycles. The molecule has 1 unspecified atom stereocenters. The highest BCUT2D eigenvalue weighted by Crippen LogP contribution is 2.27. The zero-order chi connectivity index (χ0) is 20.9. The Kier molecular flexibility index (Phi) is 6.13. The van der Waals surface area contributed by atoms with Crippen LogP contribution in [0.15, 0.2) is 48.7 Å². The summed E-state index contributed by atoms with van der Waals surface area (Å²) >= 11 is 0. The second-order valence-electron chi connectivity index (χ2n) is 7.74. The van der Waals surface area contributed by atoms with E-state index in [1.165, 1.54) is 0 Å². The van der Waals surface area contributed by atoms with Gasteiger partial charge in [0, 0.05) is 45.5 Å². The van der Waals surface area contributed by atoms with Crippen LogP contribution < -0.4 is 16.0 Å². The number of rotatable bonds is 5. The first-order chi connectivity index (χ1) is 14.6. The molecule has 30 heavy (non-hydrogen) atoms. The van der Waals surface area contributed by atoms with Crippen LogP contribution >= 0.6 is 0 Å². The Morgan fingerprint density at radius 1 is 0.933 bits per heavy atom. The van der Waals surface area contributed by atoms with Crippen molar-refractivity contribution in [2.45, 2.75) is 18.9 Å². The minimum absolute atomic E-state index is 0.140. The van der Waals surface area contributed by atoms with Crippen molar-refractivity contribution < 1.29 is 9.59 Å². The summed E-state index contributed by atoms with van der Waals surface area (Å²) in [7, 11) is 0. The first kappa shape index (κ1) is 20.2. The third kappa shape index (κ3) is 4.38. The lowest BCUT2D eigenvalue weighted by Gasteiger charge is -2.38. The Bertz CT molecular complexity index is 876. The van der Waals surface area contributed by atoms with Gasteiger partial charge in [0.25, 0.3) is 0 Å².